The van der Waals surface area contributed by atoms with Crippen LogP contribution in [0.3, 0.4) is 0 Å². The van der Waals surface area contributed by atoms with Crippen molar-refractivity contribution in [3.8, 4) is 0 Å². The van der Waals surface area contributed by atoms with Crippen LogP contribution in [0.15, 0.2) is 23.1 Å². The number of carbonyl (C=O) groups excluding carboxylic acids is 1. The highest BCUT2D eigenvalue weighted by Crippen LogP contribution is 2.23. The number of aldehydes is 1. The quantitative estimate of drug-likeness (QED) is 0.794. The third-order valence-electron chi connectivity index (χ3n) is 3.09. The Morgan fingerprint density at radius 3 is 2.42 bits per heavy atom. The zero-order valence-electron chi connectivity index (χ0n) is 10.1. The molecule has 2 rings (SSSR count). The van der Waals surface area contributed by atoms with Gasteiger partial charge in [0.25, 0.3) is 0 Å². The van der Waals surface area contributed by atoms with Crippen LogP contribution in [0.25, 0.3) is 0 Å². The van der Waals surface area contributed by atoms with Gasteiger partial charge in [-0.1, -0.05) is 0 Å². The van der Waals surface area contributed by atoms with E-state index in [1.807, 2.05) is 0 Å². The largest absolute Gasteiger partial charge is 0.303 e. The average Bonchev–Trinajstić information content (AvgIpc) is 2.37. The molecule has 104 valence electrons. The first-order valence-corrected chi connectivity index (χ1v) is 7.29. The van der Waals surface area contributed by atoms with Crippen LogP contribution in [0.2, 0.25) is 0 Å². The smallest absolute Gasteiger partial charge is 0.243 e. The number of carbonyl (C=O) groups is 1. The van der Waals surface area contributed by atoms with Gasteiger partial charge in [0.15, 0.2) is 0 Å². The Morgan fingerprint density at radius 2 is 1.84 bits per heavy atom. The summed E-state index contributed by atoms with van der Waals surface area (Å²) in [6, 6.07) is 2.18. The lowest BCUT2D eigenvalue weighted by Crippen LogP contribution is -2.40. The van der Waals surface area contributed by atoms with Crippen molar-refractivity contribution in [1.29, 1.82) is 0 Å². The first-order chi connectivity index (χ1) is 8.93. The maximum Gasteiger partial charge on any atom is 0.243 e. The third-order valence-corrected chi connectivity index (χ3v) is 4.93. The van der Waals surface area contributed by atoms with E-state index < -0.39 is 26.6 Å². The summed E-state index contributed by atoms with van der Waals surface area (Å²) in [4.78, 5) is 10.3. The van der Waals surface area contributed by atoms with Crippen molar-refractivity contribution in [3.63, 3.8) is 0 Å². The van der Waals surface area contributed by atoms with Gasteiger partial charge in [-0.2, -0.15) is 4.31 Å². The van der Waals surface area contributed by atoms with Crippen molar-refractivity contribution in [2.24, 2.45) is 5.92 Å². The zero-order chi connectivity index (χ0) is 14.0. The highest BCUT2D eigenvalue weighted by molar-refractivity contribution is 7.89. The first-order valence-electron chi connectivity index (χ1n) is 5.85. The molecule has 7 heteroatoms. The van der Waals surface area contributed by atoms with Gasteiger partial charge >= 0.3 is 0 Å². The Kier molecular flexibility index (Phi) is 3.96. The summed E-state index contributed by atoms with van der Waals surface area (Å²) in [6.07, 6.45) is 1.90. The first kappa shape index (κ1) is 14.1. The maximum atomic E-state index is 13.1. The summed E-state index contributed by atoms with van der Waals surface area (Å²) in [5.41, 5.74) is 0. The predicted molar refractivity (Wildman–Crippen MR) is 63.9 cm³/mol. The topological polar surface area (TPSA) is 54.5 Å². The lowest BCUT2D eigenvalue weighted by molar-refractivity contribution is -0.112. The molecule has 4 nitrogen and oxygen atoms in total. The molecule has 0 spiro atoms. The van der Waals surface area contributed by atoms with E-state index in [9.17, 15) is 22.0 Å². The minimum absolute atomic E-state index is 0.0595. The van der Waals surface area contributed by atoms with Crippen LogP contribution in [0.1, 0.15) is 12.8 Å². The van der Waals surface area contributed by atoms with Crippen molar-refractivity contribution in [2.45, 2.75) is 17.7 Å². The Morgan fingerprint density at radius 1 is 1.21 bits per heavy atom. The molecule has 1 fully saturated rings. The molecule has 1 unspecified atom stereocenters. The van der Waals surface area contributed by atoms with Crippen LogP contribution in [-0.4, -0.2) is 32.1 Å². The van der Waals surface area contributed by atoms with E-state index in [0.29, 0.717) is 25.2 Å². The highest BCUT2D eigenvalue weighted by atomic mass is 32.2. The Labute approximate surface area is 110 Å². The molecule has 0 saturated carbocycles. The van der Waals surface area contributed by atoms with E-state index >= 15 is 0 Å². The van der Waals surface area contributed by atoms with Crippen molar-refractivity contribution in [2.75, 3.05) is 13.1 Å². The molecular formula is C12H13F2NO3S. The molecule has 1 aliphatic rings. The van der Waals surface area contributed by atoms with Crippen molar-refractivity contribution in [1.82, 2.24) is 4.31 Å². The lowest BCUT2D eigenvalue weighted by Gasteiger charge is -2.29. The second-order valence-corrected chi connectivity index (χ2v) is 6.44. The summed E-state index contributed by atoms with van der Waals surface area (Å²) in [6.45, 7) is 0.314. The lowest BCUT2D eigenvalue weighted by atomic mass is 10.0. The van der Waals surface area contributed by atoms with Crippen molar-refractivity contribution in [3.05, 3.63) is 29.8 Å². The molecule has 0 radical (unpaired) electrons. The number of sulfonamides is 1. The fraction of sp³-hybridized carbons (Fsp3) is 0.417. The predicted octanol–water partition coefficient (Wildman–Crippen LogP) is 1.56. The monoisotopic (exact) mass is 289 g/mol. The summed E-state index contributed by atoms with van der Waals surface area (Å²) in [5.74, 6) is -2.24. The van der Waals surface area contributed by atoms with Gasteiger partial charge in [0.05, 0.1) is 4.90 Å². The molecule has 1 aromatic carbocycles. The molecule has 0 amide bonds. The molecule has 0 N–H and O–H groups in total. The summed E-state index contributed by atoms with van der Waals surface area (Å²) >= 11 is 0. The fourth-order valence-electron chi connectivity index (χ4n) is 2.13. The third kappa shape index (κ3) is 2.98. The second kappa shape index (κ2) is 5.34. The van der Waals surface area contributed by atoms with E-state index in [2.05, 4.69) is 0 Å². The van der Waals surface area contributed by atoms with Crippen LogP contribution < -0.4 is 0 Å². The van der Waals surface area contributed by atoms with Crippen molar-refractivity contribution < 1.29 is 22.0 Å². The number of hydrogen-bond acceptors (Lipinski definition) is 3. The number of hydrogen-bond donors (Lipinski definition) is 0. The zero-order valence-corrected chi connectivity index (χ0v) is 10.9. The number of halogens is 2. The average molecular weight is 289 g/mol. The van der Waals surface area contributed by atoms with Gasteiger partial charge in [-0.15, -0.1) is 0 Å². The summed E-state index contributed by atoms with van der Waals surface area (Å²) < 4.78 is 51.7. The van der Waals surface area contributed by atoms with Crippen LogP contribution in [0.4, 0.5) is 8.78 Å². The maximum absolute atomic E-state index is 13.1. The molecular weight excluding hydrogens is 276 g/mol. The highest BCUT2D eigenvalue weighted by Gasteiger charge is 2.30. The van der Waals surface area contributed by atoms with E-state index in [0.717, 1.165) is 16.4 Å². The van der Waals surface area contributed by atoms with Crippen molar-refractivity contribution >= 4 is 16.3 Å². The van der Waals surface area contributed by atoms with Crippen LogP contribution in [0, 0.1) is 17.6 Å². The second-order valence-electron chi connectivity index (χ2n) is 4.51. The van der Waals surface area contributed by atoms with E-state index in [1.54, 1.807) is 0 Å². The number of benzene rings is 1. The van der Waals surface area contributed by atoms with E-state index in [1.165, 1.54) is 0 Å². The fourth-order valence-corrected chi connectivity index (χ4v) is 3.71. The Bertz CT molecular complexity index is 568. The molecule has 1 heterocycles. The summed E-state index contributed by atoms with van der Waals surface area (Å²) in [5, 5.41) is 0. The standard InChI is InChI=1S/C12H13F2NO3S/c13-10-4-11(14)6-12(5-10)19(17,18)15-3-1-2-9(7-15)8-16/h4-6,8-9H,1-3,7H2. The summed E-state index contributed by atoms with van der Waals surface area (Å²) in [7, 11) is -3.96. The van der Waals surface area contributed by atoms with Gasteiger partial charge in [-0.25, -0.2) is 17.2 Å². The van der Waals surface area contributed by atoms with Crippen LogP contribution >= 0.6 is 0 Å². The van der Waals surface area contributed by atoms with Gasteiger partial charge in [0.2, 0.25) is 10.0 Å². The Hall–Kier alpha value is -1.34. The van der Waals surface area contributed by atoms with Gasteiger partial charge in [-0.05, 0) is 25.0 Å². The minimum atomic E-state index is -3.96. The molecule has 19 heavy (non-hydrogen) atoms. The van der Waals surface area contributed by atoms with Gasteiger partial charge in [0.1, 0.15) is 17.9 Å². The van der Waals surface area contributed by atoms with Gasteiger partial charge < -0.3 is 4.79 Å². The van der Waals surface area contributed by atoms with E-state index in [-0.39, 0.29) is 19.0 Å². The molecule has 1 aromatic rings. The normalized spacial score (nSPS) is 21.3. The molecule has 1 saturated heterocycles. The van der Waals surface area contributed by atoms with Gasteiger partial charge in [0, 0.05) is 25.1 Å². The number of nitrogens with zero attached hydrogens (tertiary/aromatic N) is 1. The SMILES string of the molecule is O=CC1CCCN(S(=O)(=O)c2cc(F)cc(F)c2)C1. The molecule has 0 aromatic heterocycles. The molecule has 1 atom stereocenters. The van der Waals surface area contributed by atoms with Crippen LogP contribution in [0.5, 0.6) is 0 Å². The number of rotatable bonds is 3. The van der Waals surface area contributed by atoms with E-state index in [4.69, 9.17) is 0 Å². The number of piperidine rings is 1. The Balaban J connectivity index is 2.33. The van der Waals surface area contributed by atoms with Gasteiger partial charge in [-0.3, -0.25) is 0 Å². The molecule has 0 aliphatic carbocycles. The molecule has 1 aliphatic heterocycles. The molecule has 0 bridgehead atoms. The minimum Gasteiger partial charge on any atom is -0.303 e. The van der Waals surface area contributed by atoms with Crippen LogP contribution in [-0.2, 0) is 14.8 Å².